The van der Waals surface area contributed by atoms with Crippen LogP contribution >= 0.6 is 0 Å². The summed E-state index contributed by atoms with van der Waals surface area (Å²) in [5, 5.41) is 0. The van der Waals surface area contributed by atoms with Crippen LogP contribution in [0.4, 0.5) is 8.78 Å². The zero-order valence-corrected chi connectivity index (χ0v) is 10.4. The lowest BCUT2D eigenvalue weighted by Gasteiger charge is -2.10. The second-order valence-corrected chi connectivity index (χ2v) is 4.55. The van der Waals surface area contributed by atoms with E-state index in [9.17, 15) is 8.78 Å². The normalized spacial score (nSPS) is 12.5. The molecule has 0 aromatic heterocycles. The SMILES string of the molecule is Cc1cc(F)cc(-c2cc(C(C)N)ccc2F)c1. The van der Waals surface area contributed by atoms with Crippen molar-refractivity contribution in [1.82, 2.24) is 0 Å². The Morgan fingerprint density at radius 1 is 1.06 bits per heavy atom. The van der Waals surface area contributed by atoms with Crippen molar-refractivity contribution in [3.8, 4) is 11.1 Å². The molecular formula is C15H15F2N. The molecule has 1 unspecified atom stereocenters. The molecule has 0 spiro atoms. The Morgan fingerprint density at radius 2 is 1.78 bits per heavy atom. The molecule has 0 aliphatic carbocycles. The summed E-state index contributed by atoms with van der Waals surface area (Å²) in [7, 11) is 0. The minimum absolute atomic E-state index is 0.181. The predicted octanol–water partition coefficient (Wildman–Crippen LogP) is 3.96. The first-order valence-corrected chi connectivity index (χ1v) is 5.80. The van der Waals surface area contributed by atoms with Crippen molar-refractivity contribution in [1.29, 1.82) is 0 Å². The summed E-state index contributed by atoms with van der Waals surface area (Å²) < 4.78 is 27.2. The molecule has 0 fully saturated rings. The summed E-state index contributed by atoms with van der Waals surface area (Å²) >= 11 is 0. The van der Waals surface area contributed by atoms with E-state index in [1.54, 1.807) is 25.1 Å². The molecule has 0 aliphatic heterocycles. The number of hydrogen-bond donors (Lipinski definition) is 1. The zero-order valence-electron chi connectivity index (χ0n) is 10.4. The fraction of sp³-hybridized carbons (Fsp3) is 0.200. The average molecular weight is 247 g/mol. The van der Waals surface area contributed by atoms with E-state index in [1.165, 1.54) is 18.2 Å². The third-order valence-corrected chi connectivity index (χ3v) is 2.87. The van der Waals surface area contributed by atoms with Crippen LogP contribution in [0.3, 0.4) is 0 Å². The molecule has 1 atom stereocenters. The summed E-state index contributed by atoms with van der Waals surface area (Å²) in [5.41, 5.74) is 8.28. The van der Waals surface area contributed by atoms with Crippen LogP contribution in [0.5, 0.6) is 0 Å². The third kappa shape index (κ3) is 2.57. The Morgan fingerprint density at radius 3 is 2.39 bits per heavy atom. The van der Waals surface area contributed by atoms with E-state index < -0.39 is 0 Å². The van der Waals surface area contributed by atoms with Gasteiger partial charge in [-0.2, -0.15) is 0 Å². The highest BCUT2D eigenvalue weighted by molar-refractivity contribution is 5.66. The van der Waals surface area contributed by atoms with E-state index in [-0.39, 0.29) is 17.7 Å². The number of nitrogens with two attached hydrogens (primary N) is 1. The monoisotopic (exact) mass is 247 g/mol. The van der Waals surface area contributed by atoms with Crippen LogP contribution in [0, 0.1) is 18.6 Å². The fourth-order valence-corrected chi connectivity index (χ4v) is 1.94. The number of hydrogen-bond acceptors (Lipinski definition) is 1. The van der Waals surface area contributed by atoms with Gasteiger partial charge in [0.15, 0.2) is 0 Å². The van der Waals surface area contributed by atoms with Crippen molar-refractivity contribution in [2.45, 2.75) is 19.9 Å². The van der Waals surface area contributed by atoms with Gasteiger partial charge in [0.25, 0.3) is 0 Å². The molecule has 94 valence electrons. The highest BCUT2D eigenvalue weighted by Gasteiger charge is 2.09. The van der Waals surface area contributed by atoms with Gasteiger partial charge in [0.1, 0.15) is 11.6 Å². The molecule has 0 saturated carbocycles. The number of halogens is 2. The lowest BCUT2D eigenvalue weighted by Crippen LogP contribution is -2.05. The molecule has 0 aliphatic rings. The Bertz CT molecular complexity index is 556. The standard InChI is InChI=1S/C15H15F2N/c1-9-5-12(7-13(16)6-9)14-8-11(10(2)18)3-4-15(14)17/h3-8,10H,18H2,1-2H3. The summed E-state index contributed by atoms with van der Waals surface area (Å²) in [6.45, 7) is 3.60. The molecule has 0 radical (unpaired) electrons. The van der Waals surface area contributed by atoms with Gasteiger partial charge in [-0.15, -0.1) is 0 Å². The maximum absolute atomic E-state index is 13.8. The van der Waals surface area contributed by atoms with Gasteiger partial charge in [-0.1, -0.05) is 12.1 Å². The maximum atomic E-state index is 13.8. The first-order chi connectivity index (χ1) is 8.47. The second-order valence-electron chi connectivity index (χ2n) is 4.55. The molecule has 1 nitrogen and oxygen atoms in total. The fourth-order valence-electron chi connectivity index (χ4n) is 1.94. The molecule has 0 saturated heterocycles. The predicted molar refractivity (Wildman–Crippen MR) is 69.1 cm³/mol. The van der Waals surface area contributed by atoms with E-state index in [0.717, 1.165) is 11.1 Å². The molecule has 18 heavy (non-hydrogen) atoms. The molecule has 2 aromatic rings. The minimum atomic E-state index is -0.371. The van der Waals surface area contributed by atoms with Gasteiger partial charge < -0.3 is 5.73 Å². The summed E-state index contributed by atoms with van der Waals surface area (Å²) in [6.07, 6.45) is 0. The van der Waals surface area contributed by atoms with Gasteiger partial charge in [0, 0.05) is 11.6 Å². The van der Waals surface area contributed by atoms with E-state index in [1.807, 2.05) is 6.92 Å². The Hall–Kier alpha value is -1.74. The number of rotatable bonds is 2. The smallest absolute Gasteiger partial charge is 0.131 e. The topological polar surface area (TPSA) is 26.0 Å². The first-order valence-electron chi connectivity index (χ1n) is 5.80. The van der Waals surface area contributed by atoms with Gasteiger partial charge in [-0.3, -0.25) is 0 Å². The van der Waals surface area contributed by atoms with Gasteiger partial charge in [0.2, 0.25) is 0 Å². The summed E-state index contributed by atoms with van der Waals surface area (Å²) in [5.74, 6) is -0.736. The van der Waals surface area contributed by atoms with Gasteiger partial charge in [-0.05, 0) is 54.8 Å². The summed E-state index contributed by atoms with van der Waals surface area (Å²) in [4.78, 5) is 0. The van der Waals surface area contributed by atoms with E-state index >= 15 is 0 Å². The van der Waals surface area contributed by atoms with Crippen molar-refractivity contribution < 1.29 is 8.78 Å². The van der Waals surface area contributed by atoms with Gasteiger partial charge >= 0.3 is 0 Å². The van der Waals surface area contributed by atoms with Crippen molar-refractivity contribution in [2.75, 3.05) is 0 Å². The molecule has 2 rings (SSSR count). The molecule has 3 heteroatoms. The highest BCUT2D eigenvalue weighted by Crippen LogP contribution is 2.27. The van der Waals surface area contributed by atoms with Gasteiger partial charge in [-0.25, -0.2) is 8.78 Å². The molecule has 2 aromatic carbocycles. The quantitative estimate of drug-likeness (QED) is 0.854. The average Bonchev–Trinajstić information content (AvgIpc) is 2.27. The van der Waals surface area contributed by atoms with Crippen molar-refractivity contribution >= 4 is 0 Å². The van der Waals surface area contributed by atoms with Crippen LogP contribution in [0.1, 0.15) is 24.1 Å². The maximum Gasteiger partial charge on any atom is 0.131 e. The summed E-state index contributed by atoms with van der Waals surface area (Å²) in [6, 6.07) is 9.01. The third-order valence-electron chi connectivity index (χ3n) is 2.87. The Kier molecular flexibility index (Phi) is 3.43. The number of benzene rings is 2. The van der Waals surface area contributed by atoms with Gasteiger partial charge in [0.05, 0.1) is 0 Å². The molecule has 0 heterocycles. The minimum Gasteiger partial charge on any atom is -0.324 e. The first kappa shape index (κ1) is 12.7. The molecule has 0 bridgehead atoms. The van der Waals surface area contributed by atoms with Crippen LogP contribution < -0.4 is 5.73 Å². The number of aryl methyl sites for hydroxylation is 1. The molecule has 2 N–H and O–H groups in total. The van der Waals surface area contributed by atoms with Crippen LogP contribution in [0.2, 0.25) is 0 Å². The van der Waals surface area contributed by atoms with Crippen LogP contribution in [-0.4, -0.2) is 0 Å². The van der Waals surface area contributed by atoms with Crippen LogP contribution in [0.25, 0.3) is 11.1 Å². The second kappa shape index (κ2) is 4.86. The van der Waals surface area contributed by atoms with Crippen LogP contribution in [0.15, 0.2) is 36.4 Å². The Balaban J connectivity index is 2.58. The zero-order chi connectivity index (χ0) is 13.3. The largest absolute Gasteiger partial charge is 0.324 e. The molecule has 0 amide bonds. The van der Waals surface area contributed by atoms with E-state index in [0.29, 0.717) is 11.1 Å². The van der Waals surface area contributed by atoms with Crippen molar-refractivity contribution in [2.24, 2.45) is 5.73 Å². The highest BCUT2D eigenvalue weighted by atomic mass is 19.1. The van der Waals surface area contributed by atoms with E-state index in [2.05, 4.69) is 0 Å². The van der Waals surface area contributed by atoms with Crippen molar-refractivity contribution in [3.63, 3.8) is 0 Å². The van der Waals surface area contributed by atoms with Crippen LogP contribution in [-0.2, 0) is 0 Å². The lowest BCUT2D eigenvalue weighted by atomic mass is 9.98. The lowest BCUT2D eigenvalue weighted by molar-refractivity contribution is 0.623. The van der Waals surface area contributed by atoms with E-state index in [4.69, 9.17) is 5.73 Å². The Labute approximate surface area is 105 Å². The molecular weight excluding hydrogens is 232 g/mol. The van der Waals surface area contributed by atoms with Crippen molar-refractivity contribution in [3.05, 3.63) is 59.2 Å².